The molecular weight excluding hydrogens is 336 g/mol. The molecule has 1 saturated heterocycles. The number of hydrogen-bond acceptors (Lipinski definition) is 8. The predicted molar refractivity (Wildman–Crippen MR) is 82.6 cm³/mol. The summed E-state index contributed by atoms with van der Waals surface area (Å²) >= 11 is 0.962. The van der Waals surface area contributed by atoms with Crippen molar-refractivity contribution in [3.05, 3.63) is 0 Å². The molecule has 1 atom stereocenters. The first-order chi connectivity index (χ1) is 9.63. The molecule has 2 heterocycles. The SMILES string of the molecule is CN(C)S(=O)(=O)c1c(N)nsc1NCC1CCS(=O)(=O)C1. The largest absolute Gasteiger partial charge is 0.382 e. The molecule has 1 aromatic rings. The molecule has 120 valence electrons. The van der Waals surface area contributed by atoms with E-state index in [4.69, 9.17) is 5.73 Å². The van der Waals surface area contributed by atoms with Gasteiger partial charge in [0.1, 0.15) is 5.00 Å². The summed E-state index contributed by atoms with van der Waals surface area (Å²) in [5, 5.41) is 3.33. The van der Waals surface area contributed by atoms with E-state index in [9.17, 15) is 16.8 Å². The molecule has 8 nitrogen and oxygen atoms in total. The smallest absolute Gasteiger partial charge is 0.249 e. The second-order valence-electron chi connectivity index (χ2n) is 5.16. The first kappa shape index (κ1) is 16.5. The number of nitrogens with one attached hydrogen (secondary N) is 1. The standard InChI is InChI=1S/C10H18N4O4S3/c1-14(2)21(17,18)8-9(11)13-19-10(8)12-5-7-3-4-20(15,16)6-7/h7,12H,3-6H2,1-2H3,(H2,11,13). The second-order valence-corrected chi connectivity index (χ2v) is 10.3. The minimum atomic E-state index is -3.69. The van der Waals surface area contributed by atoms with Crippen LogP contribution in [0.4, 0.5) is 10.8 Å². The molecule has 1 aliphatic rings. The molecule has 1 aliphatic heterocycles. The highest BCUT2D eigenvalue weighted by Gasteiger charge is 2.30. The third kappa shape index (κ3) is 3.47. The van der Waals surface area contributed by atoms with Gasteiger partial charge in [0.2, 0.25) is 10.0 Å². The van der Waals surface area contributed by atoms with Gasteiger partial charge in [-0.05, 0) is 23.9 Å². The zero-order chi connectivity index (χ0) is 15.8. The lowest BCUT2D eigenvalue weighted by atomic mass is 10.1. The normalized spacial score (nSPS) is 21.8. The van der Waals surface area contributed by atoms with E-state index in [0.717, 1.165) is 15.8 Å². The number of anilines is 2. The zero-order valence-corrected chi connectivity index (χ0v) is 14.2. The summed E-state index contributed by atoms with van der Waals surface area (Å²) in [6.07, 6.45) is 0.583. The van der Waals surface area contributed by atoms with Crippen molar-refractivity contribution in [1.29, 1.82) is 0 Å². The first-order valence-electron chi connectivity index (χ1n) is 6.25. The number of rotatable bonds is 5. The van der Waals surface area contributed by atoms with E-state index in [-0.39, 0.29) is 28.1 Å². The summed E-state index contributed by atoms with van der Waals surface area (Å²) in [6.45, 7) is 0.386. The molecule has 21 heavy (non-hydrogen) atoms. The molecule has 1 aromatic heterocycles. The maximum atomic E-state index is 12.2. The van der Waals surface area contributed by atoms with Crippen LogP contribution in [0.2, 0.25) is 0 Å². The molecule has 3 N–H and O–H groups in total. The van der Waals surface area contributed by atoms with Crippen LogP contribution < -0.4 is 11.1 Å². The first-order valence-corrected chi connectivity index (χ1v) is 10.3. The third-order valence-electron chi connectivity index (χ3n) is 3.29. The number of aromatic nitrogens is 1. The van der Waals surface area contributed by atoms with E-state index in [0.29, 0.717) is 18.0 Å². The van der Waals surface area contributed by atoms with Crippen molar-refractivity contribution in [2.24, 2.45) is 5.92 Å². The molecule has 0 spiro atoms. The maximum absolute atomic E-state index is 12.2. The Morgan fingerprint density at radius 1 is 1.48 bits per heavy atom. The fraction of sp³-hybridized carbons (Fsp3) is 0.700. The van der Waals surface area contributed by atoms with Crippen LogP contribution in [0.15, 0.2) is 4.90 Å². The van der Waals surface area contributed by atoms with Crippen molar-refractivity contribution < 1.29 is 16.8 Å². The van der Waals surface area contributed by atoms with Gasteiger partial charge < -0.3 is 11.1 Å². The van der Waals surface area contributed by atoms with E-state index in [1.54, 1.807) is 0 Å². The minimum absolute atomic E-state index is 0.0202. The number of nitrogen functional groups attached to an aromatic ring is 1. The fourth-order valence-corrected chi connectivity index (χ4v) is 6.05. The van der Waals surface area contributed by atoms with Gasteiger partial charge in [-0.2, -0.15) is 4.37 Å². The van der Waals surface area contributed by atoms with E-state index in [1.165, 1.54) is 14.1 Å². The van der Waals surface area contributed by atoms with Gasteiger partial charge in [-0.3, -0.25) is 0 Å². The number of nitrogens with zero attached hydrogens (tertiary/aromatic N) is 2. The Hall–Kier alpha value is -0.910. The molecule has 0 bridgehead atoms. The quantitative estimate of drug-likeness (QED) is 0.752. The summed E-state index contributed by atoms with van der Waals surface area (Å²) in [7, 11) is -3.81. The molecule has 2 rings (SSSR count). The summed E-state index contributed by atoms with van der Waals surface area (Å²) in [5.74, 6) is 0.250. The number of nitrogens with two attached hydrogens (primary N) is 1. The molecule has 0 aliphatic carbocycles. The van der Waals surface area contributed by atoms with Crippen molar-refractivity contribution in [3.63, 3.8) is 0 Å². The highest BCUT2D eigenvalue weighted by molar-refractivity contribution is 7.91. The van der Waals surface area contributed by atoms with Crippen LogP contribution in [0.3, 0.4) is 0 Å². The number of hydrogen-bond donors (Lipinski definition) is 2. The fourth-order valence-electron chi connectivity index (χ4n) is 2.11. The number of sulfonamides is 1. The second kappa shape index (κ2) is 5.71. The lowest BCUT2D eigenvalue weighted by molar-refractivity contribution is 0.521. The number of sulfone groups is 1. The summed E-state index contributed by atoms with van der Waals surface area (Å²) < 4.78 is 52.2. The summed E-state index contributed by atoms with van der Waals surface area (Å²) in [4.78, 5) is -0.0432. The molecule has 11 heteroatoms. The van der Waals surface area contributed by atoms with Crippen LogP contribution in [-0.4, -0.2) is 57.7 Å². The van der Waals surface area contributed by atoms with Crippen molar-refractivity contribution >= 4 is 42.2 Å². The Morgan fingerprint density at radius 2 is 2.14 bits per heavy atom. The Labute approximate surface area is 128 Å². The average Bonchev–Trinajstić information content (AvgIpc) is 2.89. The highest BCUT2D eigenvalue weighted by Crippen LogP contribution is 2.33. The molecule has 0 radical (unpaired) electrons. The Morgan fingerprint density at radius 3 is 2.67 bits per heavy atom. The predicted octanol–water partition coefficient (Wildman–Crippen LogP) is -0.178. The minimum Gasteiger partial charge on any atom is -0.382 e. The Balaban J connectivity index is 2.16. The maximum Gasteiger partial charge on any atom is 0.249 e. The van der Waals surface area contributed by atoms with Gasteiger partial charge >= 0.3 is 0 Å². The van der Waals surface area contributed by atoms with Crippen LogP contribution >= 0.6 is 11.5 Å². The molecule has 1 unspecified atom stereocenters. The molecule has 1 fully saturated rings. The van der Waals surface area contributed by atoms with Gasteiger partial charge in [0.05, 0.1) is 11.5 Å². The Bertz CT molecular complexity index is 723. The lowest BCUT2D eigenvalue weighted by Gasteiger charge is -2.14. The highest BCUT2D eigenvalue weighted by atomic mass is 32.2. The van der Waals surface area contributed by atoms with E-state index in [2.05, 4.69) is 9.69 Å². The summed E-state index contributed by atoms with van der Waals surface area (Å²) in [5.41, 5.74) is 5.65. The third-order valence-corrected chi connectivity index (χ3v) is 7.97. The average molecular weight is 354 g/mol. The van der Waals surface area contributed by atoms with Gasteiger partial charge in [0, 0.05) is 20.6 Å². The van der Waals surface area contributed by atoms with Crippen molar-refractivity contribution in [1.82, 2.24) is 8.68 Å². The summed E-state index contributed by atoms with van der Waals surface area (Å²) in [6, 6.07) is 0. The Kier molecular flexibility index (Phi) is 4.47. The van der Waals surface area contributed by atoms with Gasteiger partial charge in [-0.25, -0.2) is 21.1 Å². The van der Waals surface area contributed by atoms with Crippen LogP contribution in [0.5, 0.6) is 0 Å². The van der Waals surface area contributed by atoms with Gasteiger partial charge in [0.15, 0.2) is 20.6 Å². The zero-order valence-electron chi connectivity index (χ0n) is 11.7. The van der Waals surface area contributed by atoms with E-state index in [1.807, 2.05) is 0 Å². The van der Waals surface area contributed by atoms with Crippen LogP contribution in [-0.2, 0) is 19.9 Å². The van der Waals surface area contributed by atoms with Gasteiger partial charge in [0.25, 0.3) is 0 Å². The van der Waals surface area contributed by atoms with Crippen molar-refractivity contribution in [2.75, 3.05) is 43.2 Å². The van der Waals surface area contributed by atoms with Crippen molar-refractivity contribution in [2.45, 2.75) is 11.3 Å². The van der Waals surface area contributed by atoms with Gasteiger partial charge in [-0.1, -0.05) is 0 Å². The van der Waals surface area contributed by atoms with E-state index >= 15 is 0 Å². The molecule has 0 aromatic carbocycles. The van der Waals surface area contributed by atoms with Crippen molar-refractivity contribution in [3.8, 4) is 0 Å². The monoisotopic (exact) mass is 354 g/mol. The molecule has 0 amide bonds. The lowest BCUT2D eigenvalue weighted by Crippen LogP contribution is -2.24. The topological polar surface area (TPSA) is 122 Å². The molecular formula is C10H18N4O4S3. The van der Waals surface area contributed by atoms with Crippen LogP contribution in [0.25, 0.3) is 0 Å². The molecule has 0 saturated carbocycles. The van der Waals surface area contributed by atoms with Crippen LogP contribution in [0.1, 0.15) is 6.42 Å². The van der Waals surface area contributed by atoms with E-state index < -0.39 is 19.9 Å². The van der Waals surface area contributed by atoms with Crippen LogP contribution in [0, 0.1) is 5.92 Å². The van der Waals surface area contributed by atoms with Gasteiger partial charge in [-0.15, -0.1) is 0 Å².